The van der Waals surface area contributed by atoms with E-state index in [-0.39, 0.29) is 0 Å². The molecule has 0 aliphatic carbocycles. The molecule has 2 nitrogen and oxygen atoms in total. The summed E-state index contributed by atoms with van der Waals surface area (Å²) in [6.45, 7) is 4.98. The number of halogens is 1. The molecule has 0 aromatic carbocycles. The van der Waals surface area contributed by atoms with Gasteiger partial charge < -0.3 is 5.32 Å². The quantitative estimate of drug-likeness (QED) is 0.769. The predicted octanol–water partition coefficient (Wildman–Crippen LogP) is 2.56. The van der Waals surface area contributed by atoms with E-state index in [9.17, 15) is 0 Å². The first-order valence-electron chi connectivity index (χ1n) is 4.46. The lowest BCUT2D eigenvalue weighted by atomic mass is 10.2. The van der Waals surface area contributed by atoms with Crippen molar-refractivity contribution in [1.82, 2.24) is 10.3 Å². The summed E-state index contributed by atoms with van der Waals surface area (Å²) in [5.74, 6) is 0.668. The zero-order valence-corrected chi connectivity index (χ0v) is 9.58. The van der Waals surface area contributed by atoms with Crippen molar-refractivity contribution in [3.8, 4) is 0 Å². The van der Waals surface area contributed by atoms with Gasteiger partial charge in [0.15, 0.2) is 0 Å². The van der Waals surface area contributed by atoms with Crippen LogP contribution in [-0.4, -0.2) is 16.9 Å². The Kier molecular flexibility index (Phi) is 4.70. The van der Waals surface area contributed by atoms with Crippen LogP contribution in [0, 0.1) is 6.92 Å². The van der Waals surface area contributed by atoms with Crippen molar-refractivity contribution in [3.05, 3.63) is 16.1 Å². The molecule has 0 aliphatic heterocycles. The molecule has 74 valence electrons. The van der Waals surface area contributed by atoms with E-state index in [1.54, 1.807) is 11.3 Å². The molecule has 1 aromatic heterocycles. The molecule has 1 aromatic rings. The van der Waals surface area contributed by atoms with Crippen molar-refractivity contribution in [1.29, 1.82) is 0 Å². The highest BCUT2D eigenvalue weighted by Crippen LogP contribution is 2.08. The molecule has 4 heteroatoms. The van der Waals surface area contributed by atoms with E-state index in [4.69, 9.17) is 11.6 Å². The third-order valence-corrected chi connectivity index (χ3v) is 3.23. The van der Waals surface area contributed by atoms with Crippen LogP contribution >= 0.6 is 22.9 Å². The SMILES string of the molecule is CCC(CCl)NCc1nc(C)cs1. The first-order chi connectivity index (χ1) is 6.26. The summed E-state index contributed by atoms with van der Waals surface area (Å²) >= 11 is 7.46. The van der Waals surface area contributed by atoms with Crippen LogP contribution in [0.4, 0.5) is 0 Å². The zero-order valence-electron chi connectivity index (χ0n) is 8.01. The van der Waals surface area contributed by atoms with Crippen LogP contribution in [0.15, 0.2) is 5.38 Å². The fourth-order valence-electron chi connectivity index (χ4n) is 1.02. The van der Waals surface area contributed by atoms with Gasteiger partial charge in [-0.05, 0) is 13.3 Å². The molecule has 0 aliphatic rings. The standard InChI is InChI=1S/C9H15ClN2S/c1-3-8(4-10)11-5-9-12-7(2)6-13-9/h6,8,11H,3-5H2,1-2H3. The molecule has 0 saturated heterocycles. The third-order valence-electron chi connectivity index (χ3n) is 1.89. The fourth-order valence-corrected chi connectivity index (χ4v) is 2.07. The largest absolute Gasteiger partial charge is 0.306 e. The molecule has 1 rings (SSSR count). The first-order valence-corrected chi connectivity index (χ1v) is 5.88. The van der Waals surface area contributed by atoms with Gasteiger partial charge in [0.05, 0.1) is 0 Å². The lowest BCUT2D eigenvalue weighted by molar-refractivity contribution is 0.537. The van der Waals surface area contributed by atoms with Crippen molar-refractivity contribution in [2.24, 2.45) is 0 Å². The lowest BCUT2D eigenvalue weighted by Crippen LogP contribution is -2.29. The minimum absolute atomic E-state index is 0.408. The van der Waals surface area contributed by atoms with Gasteiger partial charge in [-0.1, -0.05) is 6.92 Å². The van der Waals surface area contributed by atoms with E-state index >= 15 is 0 Å². The van der Waals surface area contributed by atoms with Crippen LogP contribution < -0.4 is 5.32 Å². The Morgan fingerprint density at radius 2 is 2.46 bits per heavy atom. The molecular formula is C9H15ClN2S. The van der Waals surface area contributed by atoms with Gasteiger partial charge in [0.1, 0.15) is 5.01 Å². The average Bonchev–Trinajstić information content (AvgIpc) is 2.53. The molecule has 0 fully saturated rings. The van der Waals surface area contributed by atoms with Gasteiger partial charge >= 0.3 is 0 Å². The van der Waals surface area contributed by atoms with Gasteiger partial charge in [0, 0.05) is 29.5 Å². The van der Waals surface area contributed by atoms with Crippen molar-refractivity contribution < 1.29 is 0 Å². The second kappa shape index (κ2) is 5.58. The number of nitrogens with zero attached hydrogens (tertiary/aromatic N) is 1. The number of rotatable bonds is 5. The smallest absolute Gasteiger partial charge is 0.107 e. The molecule has 0 spiro atoms. The van der Waals surface area contributed by atoms with Crippen molar-refractivity contribution in [2.45, 2.75) is 32.9 Å². The fraction of sp³-hybridized carbons (Fsp3) is 0.667. The molecule has 13 heavy (non-hydrogen) atoms. The Morgan fingerprint density at radius 1 is 1.69 bits per heavy atom. The Hall–Kier alpha value is -0.120. The monoisotopic (exact) mass is 218 g/mol. The van der Waals surface area contributed by atoms with Gasteiger partial charge in [0.25, 0.3) is 0 Å². The van der Waals surface area contributed by atoms with Gasteiger partial charge in [-0.25, -0.2) is 4.98 Å². The zero-order chi connectivity index (χ0) is 9.68. The van der Waals surface area contributed by atoms with Crippen LogP contribution in [0.25, 0.3) is 0 Å². The number of thiazole rings is 1. The summed E-state index contributed by atoms with van der Waals surface area (Å²) in [5, 5.41) is 6.57. The van der Waals surface area contributed by atoms with Crippen LogP contribution in [0.5, 0.6) is 0 Å². The molecule has 1 N–H and O–H groups in total. The van der Waals surface area contributed by atoms with Crippen molar-refractivity contribution in [3.63, 3.8) is 0 Å². The summed E-state index contributed by atoms with van der Waals surface area (Å²) in [5.41, 5.74) is 1.10. The van der Waals surface area contributed by atoms with Gasteiger partial charge in [0.2, 0.25) is 0 Å². The minimum atomic E-state index is 0.408. The number of aromatic nitrogens is 1. The van der Waals surface area contributed by atoms with E-state index in [0.29, 0.717) is 11.9 Å². The topological polar surface area (TPSA) is 24.9 Å². The van der Waals surface area contributed by atoms with E-state index < -0.39 is 0 Å². The maximum Gasteiger partial charge on any atom is 0.107 e. The summed E-state index contributed by atoms with van der Waals surface area (Å²) in [7, 11) is 0. The number of hydrogen-bond donors (Lipinski definition) is 1. The minimum Gasteiger partial charge on any atom is -0.306 e. The Labute approximate surface area is 88.3 Å². The second-order valence-electron chi connectivity index (χ2n) is 3.02. The number of aryl methyl sites for hydroxylation is 1. The Morgan fingerprint density at radius 3 is 2.92 bits per heavy atom. The molecule has 0 radical (unpaired) electrons. The van der Waals surface area contributed by atoms with E-state index in [1.165, 1.54) is 0 Å². The third kappa shape index (κ3) is 3.63. The highest BCUT2D eigenvalue weighted by molar-refractivity contribution is 7.09. The summed E-state index contributed by atoms with van der Waals surface area (Å²) in [4.78, 5) is 4.36. The summed E-state index contributed by atoms with van der Waals surface area (Å²) in [6, 6.07) is 0.408. The normalized spacial score (nSPS) is 13.2. The van der Waals surface area contributed by atoms with Gasteiger partial charge in [-0.15, -0.1) is 22.9 Å². The van der Waals surface area contributed by atoms with Gasteiger partial charge in [-0.3, -0.25) is 0 Å². The van der Waals surface area contributed by atoms with Crippen LogP contribution in [0.3, 0.4) is 0 Å². The van der Waals surface area contributed by atoms with Crippen LogP contribution in [-0.2, 0) is 6.54 Å². The molecule has 0 bridgehead atoms. The first kappa shape index (κ1) is 11.0. The summed E-state index contributed by atoms with van der Waals surface area (Å²) in [6.07, 6.45) is 1.06. The van der Waals surface area contributed by atoms with E-state index in [0.717, 1.165) is 23.7 Å². The highest BCUT2D eigenvalue weighted by Gasteiger charge is 2.04. The predicted molar refractivity (Wildman–Crippen MR) is 58.5 cm³/mol. The van der Waals surface area contributed by atoms with Crippen molar-refractivity contribution >= 4 is 22.9 Å². The van der Waals surface area contributed by atoms with E-state index in [1.807, 2.05) is 6.92 Å². The Balaban J connectivity index is 2.33. The maximum atomic E-state index is 5.76. The molecule has 0 amide bonds. The summed E-state index contributed by atoms with van der Waals surface area (Å²) < 4.78 is 0. The number of nitrogens with one attached hydrogen (secondary N) is 1. The molecule has 0 saturated carbocycles. The van der Waals surface area contributed by atoms with Crippen molar-refractivity contribution in [2.75, 3.05) is 5.88 Å². The molecular weight excluding hydrogens is 204 g/mol. The van der Waals surface area contributed by atoms with Crippen LogP contribution in [0.1, 0.15) is 24.0 Å². The molecule has 1 unspecified atom stereocenters. The molecule has 1 atom stereocenters. The maximum absolute atomic E-state index is 5.76. The lowest BCUT2D eigenvalue weighted by Gasteiger charge is -2.11. The number of hydrogen-bond acceptors (Lipinski definition) is 3. The van der Waals surface area contributed by atoms with E-state index in [2.05, 4.69) is 22.6 Å². The van der Waals surface area contributed by atoms with Crippen LogP contribution in [0.2, 0.25) is 0 Å². The van der Waals surface area contributed by atoms with Gasteiger partial charge in [-0.2, -0.15) is 0 Å². The average molecular weight is 219 g/mol. The second-order valence-corrected chi connectivity index (χ2v) is 4.27. The molecule has 1 heterocycles. The Bertz CT molecular complexity index is 246. The number of alkyl halides is 1. The highest BCUT2D eigenvalue weighted by atomic mass is 35.5.